The lowest BCUT2D eigenvalue weighted by Gasteiger charge is -2.34. The summed E-state index contributed by atoms with van der Waals surface area (Å²) < 4.78 is 5.79. The lowest BCUT2D eigenvalue weighted by molar-refractivity contribution is 0.0640. The Morgan fingerprint density at radius 3 is 2.00 bits per heavy atom. The fraction of sp³-hybridized carbons (Fsp3) is 0.667. The van der Waals surface area contributed by atoms with Crippen LogP contribution in [0.4, 0.5) is 0 Å². The van der Waals surface area contributed by atoms with E-state index in [9.17, 15) is 0 Å². The van der Waals surface area contributed by atoms with Gasteiger partial charge < -0.3 is 4.74 Å². The Hall–Kier alpha value is -0.820. The zero-order valence-electron chi connectivity index (χ0n) is 13.2. The number of hydrogen-bond donors (Lipinski definition) is 0. The molecule has 1 aromatic rings. The van der Waals surface area contributed by atoms with Crippen LogP contribution in [0.3, 0.4) is 0 Å². The van der Waals surface area contributed by atoms with Gasteiger partial charge >= 0.3 is 0 Å². The summed E-state index contributed by atoms with van der Waals surface area (Å²) >= 11 is 0. The highest BCUT2D eigenvalue weighted by molar-refractivity contribution is 5.51. The second-order valence-corrected chi connectivity index (χ2v) is 8.38. The monoisotopic (exact) mass is 258 g/mol. The number of benzene rings is 1. The smallest absolute Gasteiger partial charge is 0.0720 e. The highest BCUT2D eigenvalue weighted by Gasteiger charge is 2.43. The van der Waals surface area contributed by atoms with Crippen LogP contribution in [-0.4, -0.2) is 6.61 Å². The zero-order chi connectivity index (χ0) is 14.1. The predicted molar refractivity (Wildman–Crippen MR) is 79.8 cm³/mol. The lowest BCUT2D eigenvalue weighted by atomic mass is 9.77. The van der Waals surface area contributed by atoms with Crippen LogP contribution in [0.25, 0.3) is 0 Å². The Morgan fingerprint density at radius 2 is 1.37 bits per heavy atom. The second-order valence-electron chi connectivity index (χ2n) is 8.38. The molecular weight excluding hydrogens is 232 g/mol. The van der Waals surface area contributed by atoms with Gasteiger partial charge in [0.05, 0.1) is 13.2 Å². The molecule has 1 heteroatoms. The molecule has 2 aliphatic rings. The van der Waals surface area contributed by atoms with Crippen molar-refractivity contribution >= 4 is 0 Å². The van der Waals surface area contributed by atoms with E-state index in [1.165, 1.54) is 23.1 Å². The summed E-state index contributed by atoms with van der Waals surface area (Å²) in [5.41, 5.74) is 6.73. The van der Waals surface area contributed by atoms with Crippen molar-refractivity contribution in [1.29, 1.82) is 0 Å². The first-order valence-corrected chi connectivity index (χ1v) is 7.40. The molecule has 0 fully saturated rings. The molecule has 0 amide bonds. The van der Waals surface area contributed by atoms with Gasteiger partial charge in [-0.2, -0.15) is 0 Å². The summed E-state index contributed by atoms with van der Waals surface area (Å²) in [7, 11) is 0. The average Bonchev–Trinajstić information content (AvgIpc) is 2.43. The van der Waals surface area contributed by atoms with Crippen LogP contribution in [0.1, 0.15) is 70.2 Å². The maximum Gasteiger partial charge on any atom is 0.0720 e. The van der Waals surface area contributed by atoms with Crippen molar-refractivity contribution < 1.29 is 4.74 Å². The minimum absolute atomic E-state index is 0.144. The Balaban J connectivity index is 2.25. The molecule has 0 N–H and O–H groups in total. The standard InChI is InChI=1S/C18H26O/c1-16(2)10-17(3,4)15-8-13-12(7-14(15)16)9-19-11-18(13,5)6/h7-8H,9-11H2,1-6H3. The summed E-state index contributed by atoms with van der Waals surface area (Å²) in [5, 5.41) is 0. The molecule has 0 bridgehead atoms. The molecule has 0 radical (unpaired) electrons. The van der Waals surface area contributed by atoms with Crippen molar-refractivity contribution in [3.63, 3.8) is 0 Å². The average molecular weight is 258 g/mol. The maximum absolute atomic E-state index is 5.79. The Labute approximate surface area is 117 Å². The molecule has 19 heavy (non-hydrogen) atoms. The van der Waals surface area contributed by atoms with Crippen LogP contribution < -0.4 is 0 Å². The molecule has 1 nitrogen and oxygen atoms in total. The van der Waals surface area contributed by atoms with E-state index in [1.54, 1.807) is 5.56 Å². The number of rotatable bonds is 0. The van der Waals surface area contributed by atoms with Crippen LogP contribution in [0.2, 0.25) is 0 Å². The van der Waals surface area contributed by atoms with Gasteiger partial charge in [0.1, 0.15) is 0 Å². The third kappa shape index (κ3) is 1.86. The molecular formula is C18H26O. The minimum atomic E-state index is 0.144. The maximum atomic E-state index is 5.79. The Kier molecular flexibility index (Phi) is 2.52. The lowest BCUT2D eigenvalue weighted by Crippen LogP contribution is -2.31. The molecule has 0 saturated carbocycles. The fourth-order valence-electron chi connectivity index (χ4n) is 4.30. The highest BCUT2D eigenvalue weighted by Crippen LogP contribution is 2.51. The number of ether oxygens (including phenoxy) is 1. The molecule has 0 atom stereocenters. The van der Waals surface area contributed by atoms with Gasteiger partial charge in [-0.1, -0.05) is 53.7 Å². The van der Waals surface area contributed by atoms with Crippen LogP contribution in [0, 0.1) is 0 Å². The molecule has 1 aliphatic heterocycles. The van der Waals surface area contributed by atoms with Gasteiger partial charge in [0.15, 0.2) is 0 Å². The van der Waals surface area contributed by atoms with E-state index in [0.29, 0.717) is 5.41 Å². The van der Waals surface area contributed by atoms with E-state index in [2.05, 4.69) is 53.7 Å². The molecule has 0 saturated heterocycles. The first-order valence-electron chi connectivity index (χ1n) is 7.40. The van der Waals surface area contributed by atoms with Crippen LogP contribution in [-0.2, 0) is 27.6 Å². The van der Waals surface area contributed by atoms with Gasteiger partial charge in [-0.05, 0) is 39.5 Å². The van der Waals surface area contributed by atoms with Crippen LogP contribution in [0.15, 0.2) is 12.1 Å². The van der Waals surface area contributed by atoms with Gasteiger partial charge in [-0.25, -0.2) is 0 Å². The second kappa shape index (κ2) is 3.63. The van der Waals surface area contributed by atoms with Crippen LogP contribution >= 0.6 is 0 Å². The van der Waals surface area contributed by atoms with E-state index in [1.807, 2.05) is 0 Å². The summed E-state index contributed by atoms with van der Waals surface area (Å²) in [6, 6.07) is 4.92. The SMILES string of the molecule is CC1(C)COCc2cc3c(cc21)C(C)(C)CC3(C)C. The van der Waals surface area contributed by atoms with Crippen molar-refractivity contribution in [2.45, 2.75) is 70.8 Å². The van der Waals surface area contributed by atoms with E-state index in [0.717, 1.165) is 13.2 Å². The van der Waals surface area contributed by atoms with Crippen LogP contribution in [0.5, 0.6) is 0 Å². The van der Waals surface area contributed by atoms with E-state index in [-0.39, 0.29) is 10.8 Å². The fourth-order valence-corrected chi connectivity index (χ4v) is 4.30. The molecule has 1 aliphatic carbocycles. The minimum Gasteiger partial charge on any atom is -0.376 e. The van der Waals surface area contributed by atoms with Gasteiger partial charge in [-0.15, -0.1) is 0 Å². The summed E-state index contributed by atoms with van der Waals surface area (Å²) in [4.78, 5) is 0. The predicted octanol–water partition coefficient (Wildman–Crippen LogP) is 4.45. The molecule has 1 aromatic carbocycles. The van der Waals surface area contributed by atoms with Gasteiger partial charge in [0.25, 0.3) is 0 Å². The van der Waals surface area contributed by atoms with Gasteiger partial charge in [-0.3, -0.25) is 0 Å². The Bertz CT molecular complexity index is 535. The summed E-state index contributed by atoms with van der Waals surface area (Å²) in [6.07, 6.45) is 1.24. The van der Waals surface area contributed by atoms with E-state index >= 15 is 0 Å². The topological polar surface area (TPSA) is 9.23 Å². The first-order chi connectivity index (χ1) is 8.63. The summed E-state index contributed by atoms with van der Waals surface area (Å²) in [6.45, 7) is 15.7. The van der Waals surface area contributed by atoms with Crippen molar-refractivity contribution in [2.24, 2.45) is 0 Å². The van der Waals surface area contributed by atoms with Crippen molar-refractivity contribution in [3.05, 3.63) is 34.4 Å². The zero-order valence-corrected chi connectivity index (χ0v) is 13.2. The van der Waals surface area contributed by atoms with E-state index in [4.69, 9.17) is 4.74 Å². The normalized spacial score (nSPS) is 25.8. The van der Waals surface area contributed by atoms with Gasteiger partial charge in [0, 0.05) is 5.41 Å². The summed E-state index contributed by atoms with van der Waals surface area (Å²) in [5.74, 6) is 0. The van der Waals surface area contributed by atoms with E-state index < -0.39 is 0 Å². The third-order valence-electron chi connectivity index (χ3n) is 5.04. The molecule has 3 rings (SSSR count). The molecule has 1 heterocycles. The van der Waals surface area contributed by atoms with Crippen molar-refractivity contribution in [2.75, 3.05) is 6.61 Å². The number of fused-ring (bicyclic) bond motifs is 2. The number of hydrogen-bond acceptors (Lipinski definition) is 1. The van der Waals surface area contributed by atoms with Crippen molar-refractivity contribution in [1.82, 2.24) is 0 Å². The highest BCUT2D eigenvalue weighted by atomic mass is 16.5. The van der Waals surface area contributed by atoms with Crippen molar-refractivity contribution in [3.8, 4) is 0 Å². The first kappa shape index (κ1) is 13.2. The molecule has 0 unspecified atom stereocenters. The third-order valence-corrected chi connectivity index (χ3v) is 5.04. The molecule has 0 spiro atoms. The quantitative estimate of drug-likeness (QED) is 0.668. The molecule has 104 valence electrons. The Morgan fingerprint density at radius 1 is 0.789 bits per heavy atom. The van der Waals surface area contributed by atoms with Gasteiger partial charge in [0.2, 0.25) is 0 Å². The molecule has 0 aromatic heterocycles. The largest absolute Gasteiger partial charge is 0.376 e.